The molecule has 0 radical (unpaired) electrons. The number of rotatable bonds is 4. The summed E-state index contributed by atoms with van der Waals surface area (Å²) in [7, 11) is 3.44. The summed E-state index contributed by atoms with van der Waals surface area (Å²) < 4.78 is 6.99. The zero-order valence-electron chi connectivity index (χ0n) is 12.7. The minimum atomic E-state index is -0.282. The summed E-state index contributed by atoms with van der Waals surface area (Å²) in [6, 6.07) is 6.86. The fraction of sp³-hybridized carbons (Fsp3) is 0.333. The first kappa shape index (κ1) is 14.9. The van der Waals surface area contributed by atoms with E-state index in [9.17, 15) is 4.79 Å². The second kappa shape index (κ2) is 6.30. The molecule has 2 N–H and O–H groups in total. The lowest BCUT2D eigenvalue weighted by Gasteiger charge is -2.15. The van der Waals surface area contributed by atoms with Gasteiger partial charge in [-0.3, -0.25) is 4.68 Å². The van der Waals surface area contributed by atoms with Crippen LogP contribution in [-0.4, -0.2) is 22.9 Å². The van der Waals surface area contributed by atoms with E-state index in [1.54, 1.807) is 30.1 Å². The maximum Gasteiger partial charge on any atom is 0.319 e. The molecule has 1 heterocycles. The molecule has 1 aromatic carbocycles. The maximum atomic E-state index is 12.1. The highest BCUT2D eigenvalue weighted by Crippen LogP contribution is 2.23. The molecule has 0 aliphatic heterocycles. The molecule has 1 atom stereocenters. The molecule has 0 unspecified atom stereocenters. The Labute approximate surface area is 124 Å². The van der Waals surface area contributed by atoms with Gasteiger partial charge in [0.25, 0.3) is 0 Å². The number of hydrogen-bond acceptors (Lipinski definition) is 3. The van der Waals surface area contributed by atoms with Crippen molar-refractivity contribution in [1.82, 2.24) is 15.1 Å². The Bertz CT molecular complexity index is 636. The molecule has 0 fully saturated rings. The number of methoxy groups -OCH3 is 1. The predicted molar refractivity (Wildman–Crippen MR) is 81.5 cm³/mol. The third-order valence-electron chi connectivity index (χ3n) is 3.44. The van der Waals surface area contributed by atoms with Crippen LogP contribution < -0.4 is 15.4 Å². The molecule has 2 amide bonds. The lowest BCUT2D eigenvalue weighted by molar-refractivity contribution is 0.249. The van der Waals surface area contributed by atoms with E-state index in [-0.39, 0.29) is 12.1 Å². The minimum Gasteiger partial charge on any atom is -0.495 e. The number of ether oxygens (including phenoxy) is 1. The summed E-state index contributed by atoms with van der Waals surface area (Å²) in [6.45, 7) is 3.89. The molecule has 1 aromatic heterocycles. The highest BCUT2D eigenvalue weighted by Gasteiger charge is 2.15. The predicted octanol–water partition coefficient (Wildman–Crippen LogP) is 2.62. The first-order chi connectivity index (χ1) is 10.0. The second-order valence-electron chi connectivity index (χ2n) is 4.83. The summed E-state index contributed by atoms with van der Waals surface area (Å²) >= 11 is 0. The van der Waals surface area contributed by atoms with Gasteiger partial charge in [-0.05, 0) is 26.0 Å². The summed E-state index contributed by atoms with van der Waals surface area (Å²) in [5.74, 6) is 0.623. The van der Waals surface area contributed by atoms with Crippen LogP contribution in [0, 0.1) is 6.92 Å². The Morgan fingerprint density at radius 3 is 2.71 bits per heavy atom. The van der Waals surface area contributed by atoms with Crippen molar-refractivity contribution < 1.29 is 9.53 Å². The van der Waals surface area contributed by atoms with E-state index in [0.717, 1.165) is 11.3 Å². The number of aromatic nitrogens is 2. The minimum absolute atomic E-state index is 0.131. The molecule has 112 valence electrons. The van der Waals surface area contributed by atoms with E-state index in [0.29, 0.717) is 11.4 Å². The molecule has 0 saturated heterocycles. The highest BCUT2D eigenvalue weighted by atomic mass is 16.5. The van der Waals surface area contributed by atoms with E-state index in [1.807, 2.05) is 33.0 Å². The van der Waals surface area contributed by atoms with Crippen LogP contribution in [0.2, 0.25) is 0 Å². The fourth-order valence-corrected chi connectivity index (χ4v) is 2.12. The van der Waals surface area contributed by atoms with Crippen molar-refractivity contribution in [2.75, 3.05) is 12.4 Å². The van der Waals surface area contributed by atoms with Crippen LogP contribution in [0.25, 0.3) is 0 Å². The highest BCUT2D eigenvalue weighted by molar-refractivity contribution is 5.91. The molecule has 0 spiro atoms. The van der Waals surface area contributed by atoms with Crippen molar-refractivity contribution in [3.8, 4) is 5.75 Å². The number of hydrogen-bond donors (Lipinski definition) is 2. The topological polar surface area (TPSA) is 68.2 Å². The van der Waals surface area contributed by atoms with Gasteiger partial charge in [0, 0.05) is 18.3 Å². The van der Waals surface area contributed by atoms with E-state index >= 15 is 0 Å². The van der Waals surface area contributed by atoms with Crippen molar-refractivity contribution in [2.45, 2.75) is 19.9 Å². The number of aryl methyl sites for hydroxylation is 1. The molecule has 0 aliphatic rings. The number of nitrogens with one attached hydrogen (secondary N) is 2. The number of urea groups is 1. The van der Waals surface area contributed by atoms with Gasteiger partial charge >= 0.3 is 6.03 Å². The smallest absolute Gasteiger partial charge is 0.319 e. The van der Waals surface area contributed by atoms with Gasteiger partial charge in [0.05, 0.1) is 25.0 Å². The summed E-state index contributed by atoms with van der Waals surface area (Å²) in [5, 5.41) is 9.86. The number of nitrogens with zero attached hydrogens (tertiary/aromatic N) is 2. The average Bonchev–Trinajstić information content (AvgIpc) is 2.79. The van der Waals surface area contributed by atoms with Crippen molar-refractivity contribution in [3.05, 3.63) is 41.7 Å². The Morgan fingerprint density at radius 1 is 1.38 bits per heavy atom. The van der Waals surface area contributed by atoms with Crippen molar-refractivity contribution in [3.63, 3.8) is 0 Å². The molecular formula is C15H20N4O2. The van der Waals surface area contributed by atoms with Gasteiger partial charge in [-0.25, -0.2) is 4.79 Å². The standard InChI is InChI=1S/C15H20N4O2/c1-10(12-9-16-19(3)11(12)2)17-15(20)18-13-7-5-6-8-14(13)21-4/h5-10H,1-4H3,(H2,17,18,20)/t10-/m0/s1. The van der Waals surface area contributed by atoms with Crippen molar-refractivity contribution >= 4 is 11.7 Å². The van der Waals surface area contributed by atoms with E-state index < -0.39 is 0 Å². The molecule has 6 nitrogen and oxygen atoms in total. The monoisotopic (exact) mass is 288 g/mol. The van der Waals surface area contributed by atoms with E-state index in [4.69, 9.17) is 4.74 Å². The molecule has 0 bridgehead atoms. The van der Waals surface area contributed by atoms with Crippen molar-refractivity contribution in [1.29, 1.82) is 0 Å². The Balaban J connectivity index is 2.03. The van der Waals surface area contributed by atoms with E-state index in [2.05, 4.69) is 15.7 Å². The average molecular weight is 288 g/mol. The SMILES string of the molecule is COc1ccccc1NC(=O)N[C@@H](C)c1cnn(C)c1C. The van der Waals surface area contributed by atoms with Crippen LogP contribution >= 0.6 is 0 Å². The van der Waals surface area contributed by atoms with Gasteiger partial charge < -0.3 is 15.4 Å². The van der Waals surface area contributed by atoms with Crippen LogP contribution in [0.1, 0.15) is 24.2 Å². The third kappa shape index (κ3) is 3.34. The van der Waals surface area contributed by atoms with Gasteiger partial charge in [-0.2, -0.15) is 5.10 Å². The van der Waals surface area contributed by atoms with Crippen LogP contribution in [0.3, 0.4) is 0 Å². The molecule has 2 aromatic rings. The Morgan fingerprint density at radius 2 is 2.10 bits per heavy atom. The molecule has 0 saturated carbocycles. The summed E-state index contributed by atoms with van der Waals surface area (Å²) in [6.07, 6.45) is 1.77. The van der Waals surface area contributed by atoms with Crippen LogP contribution in [-0.2, 0) is 7.05 Å². The third-order valence-corrected chi connectivity index (χ3v) is 3.44. The maximum absolute atomic E-state index is 12.1. The number of carbonyl (C=O) groups is 1. The molecule has 0 aliphatic carbocycles. The van der Waals surface area contributed by atoms with Crippen LogP contribution in [0.5, 0.6) is 5.75 Å². The number of anilines is 1. The van der Waals surface area contributed by atoms with Gasteiger partial charge in [0.15, 0.2) is 0 Å². The van der Waals surface area contributed by atoms with Crippen LogP contribution in [0.4, 0.5) is 10.5 Å². The first-order valence-corrected chi connectivity index (χ1v) is 6.72. The second-order valence-corrected chi connectivity index (χ2v) is 4.83. The summed E-state index contributed by atoms with van der Waals surface area (Å²) in [4.78, 5) is 12.1. The first-order valence-electron chi connectivity index (χ1n) is 6.72. The number of amides is 2. The molecule has 6 heteroatoms. The van der Waals surface area contributed by atoms with Crippen molar-refractivity contribution in [2.24, 2.45) is 7.05 Å². The summed E-state index contributed by atoms with van der Waals surface area (Å²) in [5.41, 5.74) is 2.65. The van der Waals surface area contributed by atoms with Gasteiger partial charge in [-0.1, -0.05) is 12.1 Å². The molecule has 2 rings (SSSR count). The van der Waals surface area contributed by atoms with Gasteiger partial charge in [-0.15, -0.1) is 0 Å². The number of para-hydroxylation sites is 2. The quantitative estimate of drug-likeness (QED) is 0.908. The number of carbonyl (C=O) groups excluding carboxylic acids is 1. The Hall–Kier alpha value is -2.50. The lowest BCUT2D eigenvalue weighted by atomic mass is 10.1. The largest absolute Gasteiger partial charge is 0.495 e. The molecular weight excluding hydrogens is 268 g/mol. The number of benzene rings is 1. The van der Waals surface area contributed by atoms with E-state index in [1.165, 1.54) is 0 Å². The zero-order valence-corrected chi connectivity index (χ0v) is 12.7. The van der Waals surface area contributed by atoms with Gasteiger partial charge in [0.1, 0.15) is 5.75 Å². The van der Waals surface area contributed by atoms with Gasteiger partial charge in [0.2, 0.25) is 0 Å². The fourth-order valence-electron chi connectivity index (χ4n) is 2.12. The lowest BCUT2D eigenvalue weighted by Crippen LogP contribution is -2.31. The molecule has 21 heavy (non-hydrogen) atoms. The van der Waals surface area contributed by atoms with Crippen LogP contribution in [0.15, 0.2) is 30.5 Å². The Kier molecular flexibility index (Phi) is 4.47. The normalized spacial score (nSPS) is 11.8. The zero-order chi connectivity index (χ0) is 15.4.